The Morgan fingerprint density at radius 2 is 2.14 bits per heavy atom. The van der Waals surface area contributed by atoms with Crippen LogP contribution in [0.15, 0.2) is 17.5 Å². The Hall–Kier alpha value is -1.89. The number of rotatable bonds is 6. The fourth-order valence-corrected chi connectivity index (χ4v) is 2.97. The van der Waals surface area contributed by atoms with Gasteiger partial charge in [-0.15, -0.1) is 11.3 Å². The molecule has 1 saturated heterocycles. The summed E-state index contributed by atoms with van der Waals surface area (Å²) in [5, 5.41) is 5.04. The van der Waals surface area contributed by atoms with Crippen molar-refractivity contribution in [3.63, 3.8) is 0 Å². The molecule has 1 aliphatic rings. The second-order valence-corrected chi connectivity index (χ2v) is 5.90. The molecule has 2 aromatic rings. The maximum Gasteiger partial charge on any atom is 0.323 e. The minimum atomic E-state index is 0.396. The molecule has 3 rings (SSSR count). The number of nitrogens with one attached hydrogen (secondary N) is 1. The third-order valence-corrected chi connectivity index (χ3v) is 4.31. The molecule has 1 aliphatic heterocycles. The summed E-state index contributed by atoms with van der Waals surface area (Å²) in [4.78, 5) is 16.6. The van der Waals surface area contributed by atoms with Gasteiger partial charge in [-0.05, 0) is 24.3 Å². The van der Waals surface area contributed by atoms with Crippen molar-refractivity contribution in [1.82, 2.24) is 15.0 Å². The van der Waals surface area contributed by atoms with Crippen molar-refractivity contribution in [3.8, 4) is 6.01 Å². The molecule has 3 heterocycles. The van der Waals surface area contributed by atoms with E-state index in [1.54, 1.807) is 18.4 Å². The Kier molecular flexibility index (Phi) is 4.49. The van der Waals surface area contributed by atoms with E-state index in [-0.39, 0.29) is 0 Å². The lowest BCUT2D eigenvalue weighted by Crippen LogP contribution is -2.21. The van der Waals surface area contributed by atoms with E-state index in [0.29, 0.717) is 24.5 Å². The van der Waals surface area contributed by atoms with Crippen molar-refractivity contribution in [2.75, 3.05) is 37.0 Å². The fraction of sp³-hybridized carbons (Fsp3) is 0.500. The topological polar surface area (TPSA) is 63.2 Å². The van der Waals surface area contributed by atoms with Gasteiger partial charge in [0.25, 0.3) is 0 Å². The van der Waals surface area contributed by atoms with Crippen molar-refractivity contribution in [3.05, 3.63) is 22.4 Å². The molecule has 0 saturated carbocycles. The summed E-state index contributed by atoms with van der Waals surface area (Å²) in [6, 6.07) is 4.55. The molecule has 0 unspecified atom stereocenters. The zero-order valence-corrected chi connectivity index (χ0v) is 12.9. The second-order valence-electron chi connectivity index (χ2n) is 4.86. The summed E-state index contributed by atoms with van der Waals surface area (Å²) in [5.74, 6) is 1.26. The van der Waals surface area contributed by atoms with Crippen LogP contribution in [-0.2, 0) is 6.42 Å². The van der Waals surface area contributed by atoms with Crippen LogP contribution in [0, 0.1) is 0 Å². The van der Waals surface area contributed by atoms with Gasteiger partial charge in [0.15, 0.2) is 0 Å². The van der Waals surface area contributed by atoms with Crippen LogP contribution in [0.5, 0.6) is 6.01 Å². The van der Waals surface area contributed by atoms with Crippen LogP contribution in [0.4, 0.5) is 11.9 Å². The molecule has 0 aliphatic carbocycles. The molecule has 0 aromatic carbocycles. The van der Waals surface area contributed by atoms with Crippen molar-refractivity contribution in [2.24, 2.45) is 0 Å². The van der Waals surface area contributed by atoms with E-state index in [4.69, 9.17) is 4.74 Å². The van der Waals surface area contributed by atoms with Gasteiger partial charge >= 0.3 is 6.01 Å². The second kappa shape index (κ2) is 6.71. The fourth-order valence-electron chi connectivity index (χ4n) is 2.28. The van der Waals surface area contributed by atoms with E-state index in [0.717, 1.165) is 19.5 Å². The molecular weight excluding hydrogens is 286 g/mol. The van der Waals surface area contributed by atoms with E-state index in [1.807, 2.05) is 6.07 Å². The molecule has 21 heavy (non-hydrogen) atoms. The average molecular weight is 305 g/mol. The summed E-state index contributed by atoms with van der Waals surface area (Å²) in [6.45, 7) is 2.58. The first kappa shape index (κ1) is 14.1. The van der Waals surface area contributed by atoms with E-state index >= 15 is 0 Å². The largest absolute Gasteiger partial charge is 0.463 e. The summed E-state index contributed by atoms with van der Waals surface area (Å²) >= 11 is 1.74. The highest BCUT2D eigenvalue weighted by molar-refractivity contribution is 7.09. The smallest absolute Gasteiger partial charge is 0.323 e. The van der Waals surface area contributed by atoms with Gasteiger partial charge in [-0.2, -0.15) is 15.0 Å². The number of anilines is 2. The van der Waals surface area contributed by atoms with Crippen LogP contribution in [0.1, 0.15) is 17.7 Å². The standard InChI is InChI=1S/C14H19N5OS/c1-15-12-16-13(19-7-2-3-8-19)18-14(17-12)20-9-6-11-5-4-10-21-11/h4-5,10H,2-3,6-9H2,1H3,(H,15,16,17,18). The quantitative estimate of drug-likeness (QED) is 0.882. The molecule has 0 atom stereocenters. The van der Waals surface area contributed by atoms with Gasteiger partial charge < -0.3 is 15.0 Å². The van der Waals surface area contributed by atoms with Crippen molar-refractivity contribution < 1.29 is 4.74 Å². The lowest BCUT2D eigenvalue weighted by Gasteiger charge is -2.16. The number of thiophene rings is 1. The minimum absolute atomic E-state index is 0.396. The Morgan fingerprint density at radius 3 is 2.86 bits per heavy atom. The summed E-state index contributed by atoms with van der Waals surface area (Å²) in [6.07, 6.45) is 3.25. The maximum atomic E-state index is 5.70. The number of hydrogen-bond acceptors (Lipinski definition) is 7. The molecule has 1 fully saturated rings. The third-order valence-electron chi connectivity index (χ3n) is 3.38. The highest BCUT2D eigenvalue weighted by Gasteiger charge is 2.17. The first-order valence-electron chi connectivity index (χ1n) is 7.19. The SMILES string of the molecule is CNc1nc(OCCc2cccs2)nc(N2CCCC2)n1. The zero-order chi connectivity index (χ0) is 14.5. The number of nitrogens with zero attached hydrogens (tertiary/aromatic N) is 4. The molecule has 2 aromatic heterocycles. The Balaban J connectivity index is 1.66. The predicted molar refractivity (Wildman–Crippen MR) is 84.3 cm³/mol. The number of ether oxygens (including phenoxy) is 1. The highest BCUT2D eigenvalue weighted by Crippen LogP contribution is 2.19. The lowest BCUT2D eigenvalue weighted by molar-refractivity contribution is 0.297. The van der Waals surface area contributed by atoms with Crippen LogP contribution in [0.25, 0.3) is 0 Å². The average Bonchev–Trinajstić information content (AvgIpc) is 3.20. The molecule has 0 bridgehead atoms. The van der Waals surface area contributed by atoms with Crippen molar-refractivity contribution >= 4 is 23.2 Å². The van der Waals surface area contributed by atoms with Gasteiger partial charge in [0, 0.05) is 31.4 Å². The first-order valence-corrected chi connectivity index (χ1v) is 8.07. The molecule has 1 N–H and O–H groups in total. The Morgan fingerprint density at radius 1 is 1.29 bits per heavy atom. The maximum absolute atomic E-state index is 5.70. The van der Waals surface area contributed by atoms with Crippen LogP contribution >= 0.6 is 11.3 Å². The lowest BCUT2D eigenvalue weighted by atomic mass is 10.4. The van der Waals surface area contributed by atoms with E-state index in [9.17, 15) is 0 Å². The predicted octanol–water partition coefficient (Wildman–Crippen LogP) is 2.20. The third kappa shape index (κ3) is 3.60. The molecule has 0 spiro atoms. The van der Waals surface area contributed by atoms with Gasteiger partial charge in [0.05, 0.1) is 6.61 Å². The number of aromatic nitrogens is 3. The zero-order valence-electron chi connectivity index (χ0n) is 12.1. The highest BCUT2D eigenvalue weighted by atomic mass is 32.1. The Bertz CT molecular complexity index is 569. The molecule has 112 valence electrons. The summed E-state index contributed by atoms with van der Waals surface area (Å²) in [7, 11) is 1.80. The van der Waals surface area contributed by atoms with Crippen molar-refractivity contribution in [2.45, 2.75) is 19.3 Å². The molecule has 6 nitrogen and oxygen atoms in total. The molecule has 0 radical (unpaired) electrons. The molecule has 0 amide bonds. The van der Waals surface area contributed by atoms with Gasteiger partial charge in [0.1, 0.15) is 0 Å². The summed E-state index contributed by atoms with van der Waals surface area (Å²) in [5.41, 5.74) is 0. The minimum Gasteiger partial charge on any atom is -0.463 e. The van der Waals surface area contributed by atoms with E-state index in [2.05, 4.69) is 36.6 Å². The Labute approximate surface area is 128 Å². The first-order chi connectivity index (χ1) is 10.3. The van der Waals surface area contributed by atoms with Crippen LogP contribution in [0.2, 0.25) is 0 Å². The molecule has 7 heteroatoms. The van der Waals surface area contributed by atoms with E-state index < -0.39 is 0 Å². The van der Waals surface area contributed by atoms with Crippen molar-refractivity contribution in [1.29, 1.82) is 0 Å². The normalized spacial score (nSPS) is 14.4. The summed E-state index contributed by atoms with van der Waals surface area (Å²) < 4.78 is 5.70. The van der Waals surface area contributed by atoms with Gasteiger partial charge in [-0.1, -0.05) is 6.07 Å². The van der Waals surface area contributed by atoms with Crippen LogP contribution in [-0.4, -0.2) is 41.7 Å². The van der Waals surface area contributed by atoms with Gasteiger partial charge in [-0.3, -0.25) is 0 Å². The van der Waals surface area contributed by atoms with Crippen LogP contribution in [0.3, 0.4) is 0 Å². The monoisotopic (exact) mass is 305 g/mol. The molecular formula is C14H19N5OS. The van der Waals surface area contributed by atoms with E-state index in [1.165, 1.54) is 17.7 Å². The van der Waals surface area contributed by atoms with Crippen LogP contribution < -0.4 is 15.0 Å². The van der Waals surface area contributed by atoms with Gasteiger partial charge in [-0.25, -0.2) is 0 Å². The van der Waals surface area contributed by atoms with Gasteiger partial charge in [0.2, 0.25) is 11.9 Å². The number of hydrogen-bond donors (Lipinski definition) is 1.